The van der Waals surface area contributed by atoms with Gasteiger partial charge in [0, 0.05) is 24.0 Å². The predicted octanol–water partition coefficient (Wildman–Crippen LogP) is 7.64. The largest absolute Gasteiger partial charge is 0.481 e. The molecule has 1 amide bonds. The summed E-state index contributed by atoms with van der Waals surface area (Å²) in [4.78, 5) is 36.6. The van der Waals surface area contributed by atoms with E-state index in [0.717, 1.165) is 18.5 Å². The third-order valence-corrected chi connectivity index (χ3v) is 7.22. The molecule has 2 aromatic rings. The lowest BCUT2D eigenvalue weighted by molar-refractivity contribution is -0.140. The smallest absolute Gasteiger partial charge is 0.304 e. The maximum Gasteiger partial charge on any atom is 0.304 e. The van der Waals surface area contributed by atoms with Gasteiger partial charge in [-0.25, -0.2) is 4.68 Å². The lowest BCUT2D eigenvalue weighted by Crippen LogP contribution is -2.25. The molecule has 1 atom stereocenters. The van der Waals surface area contributed by atoms with Gasteiger partial charge in [0.25, 0.3) is 5.56 Å². The number of hydrogen-bond donors (Lipinski definition) is 2. The van der Waals surface area contributed by atoms with Crippen LogP contribution in [0, 0.1) is 12.8 Å². The number of unbranched alkanes of at least 4 members (excludes halogenated alkanes) is 11. The molecule has 39 heavy (non-hydrogen) atoms. The van der Waals surface area contributed by atoms with Gasteiger partial charge in [0.2, 0.25) is 5.91 Å². The first-order valence-electron chi connectivity index (χ1n) is 14.9. The van der Waals surface area contributed by atoms with Crippen LogP contribution in [0.4, 0.5) is 5.69 Å². The molecule has 0 radical (unpaired) electrons. The minimum Gasteiger partial charge on any atom is -0.481 e. The van der Waals surface area contributed by atoms with E-state index in [1.54, 1.807) is 35.0 Å². The van der Waals surface area contributed by atoms with Crippen molar-refractivity contribution in [3.63, 3.8) is 0 Å². The summed E-state index contributed by atoms with van der Waals surface area (Å²) >= 11 is 0. The lowest BCUT2D eigenvalue weighted by Gasteiger charge is -2.15. The number of aryl methyl sites for hydroxylation is 1. The van der Waals surface area contributed by atoms with Crippen molar-refractivity contribution in [1.82, 2.24) is 9.36 Å². The number of nitrogens with zero attached hydrogens (tertiary/aromatic N) is 2. The van der Waals surface area contributed by atoms with E-state index in [2.05, 4.69) is 18.3 Å². The third-order valence-electron chi connectivity index (χ3n) is 7.22. The summed E-state index contributed by atoms with van der Waals surface area (Å²) in [5.74, 6) is -1.94. The molecule has 0 aliphatic heterocycles. The second-order valence-corrected chi connectivity index (χ2v) is 10.5. The molecule has 0 saturated carbocycles. The molecule has 0 unspecified atom stereocenters. The number of rotatable bonds is 20. The molecular formula is C32H49N3O4. The van der Waals surface area contributed by atoms with Crippen LogP contribution in [-0.2, 0) is 16.1 Å². The van der Waals surface area contributed by atoms with E-state index >= 15 is 0 Å². The summed E-state index contributed by atoms with van der Waals surface area (Å²) in [6, 6.07) is 8.63. The average molecular weight is 540 g/mol. The fraction of sp³-hybridized carbons (Fsp3) is 0.594. The van der Waals surface area contributed by atoms with Gasteiger partial charge in [0.05, 0.1) is 18.0 Å². The Morgan fingerprint density at radius 1 is 0.897 bits per heavy atom. The Morgan fingerprint density at radius 3 is 2.05 bits per heavy atom. The summed E-state index contributed by atoms with van der Waals surface area (Å²) in [5.41, 5.74) is 2.06. The van der Waals surface area contributed by atoms with E-state index in [9.17, 15) is 19.5 Å². The maximum absolute atomic E-state index is 12.9. The monoisotopic (exact) mass is 539 g/mol. The number of aromatic nitrogens is 2. The molecule has 7 nitrogen and oxygen atoms in total. The van der Waals surface area contributed by atoms with E-state index < -0.39 is 11.9 Å². The average Bonchev–Trinajstić information content (AvgIpc) is 3.20. The van der Waals surface area contributed by atoms with Crippen molar-refractivity contribution in [2.24, 2.45) is 5.92 Å². The van der Waals surface area contributed by atoms with Crippen molar-refractivity contribution in [3.05, 3.63) is 58.5 Å². The molecular weight excluding hydrogens is 490 g/mol. The van der Waals surface area contributed by atoms with E-state index in [-0.39, 0.29) is 17.9 Å². The van der Waals surface area contributed by atoms with Crippen LogP contribution in [0.5, 0.6) is 0 Å². The number of nitrogens with one attached hydrogen (secondary N) is 1. The zero-order valence-electron chi connectivity index (χ0n) is 24.3. The van der Waals surface area contributed by atoms with Gasteiger partial charge in [0.15, 0.2) is 0 Å². The second kappa shape index (κ2) is 18.2. The van der Waals surface area contributed by atoms with Crippen molar-refractivity contribution in [2.75, 3.05) is 5.32 Å². The zero-order valence-corrected chi connectivity index (χ0v) is 24.3. The quantitative estimate of drug-likeness (QED) is 0.133. The van der Waals surface area contributed by atoms with Crippen LogP contribution in [0.25, 0.3) is 5.69 Å². The van der Waals surface area contributed by atoms with E-state index in [0.29, 0.717) is 24.3 Å². The third kappa shape index (κ3) is 11.7. The van der Waals surface area contributed by atoms with E-state index in [1.807, 2.05) is 24.6 Å². The van der Waals surface area contributed by atoms with E-state index in [4.69, 9.17) is 0 Å². The molecule has 0 bridgehead atoms. The number of benzene rings is 1. The van der Waals surface area contributed by atoms with Gasteiger partial charge in [-0.2, -0.15) is 0 Å². The molecule has 2 N–H and O–H groups in total. The molecule has 7 heteroatoms. The molecule has 0 aliphatic rings. The molecule has 0 aliphatic carbocycles. The van der Waals surface area contributed by atoms with Crippen LogP contribution < -0.4 is 10.9 Å². The van der Waals surface area contributed by atoms with Crippen molar-refractivity contribution in [1.29, 1.82) is 0 Å². The highest BCUT2D eigenvalue weighted by Crippen LogP contribution is 2.18. The van der Waals surface area contributed by atoms with Crippen LogP contribution in [0.2, 0.25) is 0 Å². The Kier molecular flexibility index (Phi) is 15.0. The number of allylic oxidation sites excluding steroid dienone is 2. The van der Waals surface area contributed by atoms with Crippen LogP contribution >= 0.6 is 0 Å². The Hall–Kier alpha value is -3.09. The predicted molar refractivity (Wildman–Crippen MR) is 160 cm³/mol. The Balaban J connectivity index is 1.75. The van der Waals surface area contributed by atoms with Gasteiger partial charge in [-0.05, 0) is 57.4 Å². The standard InChI is InChI=1S/C32H49N3O4/c1-4-6-7-8-9-10-11-12-13-14-15-16-17-18-19-27(25-31(37)38)32(39)33-28-20-22-29(23-21-28)35-30(36)24-26(3)34(35)5-2/h17-18,20-24,27H,4-16,19,25H2,1-3H3,(H,33,39)(H,37,38)/b18-17+/t27-/m0/s1. The molecule has 1 aromatic heterocycles. The highest BCUT2D eigenvalue weighted by molar-refractivity contribution is 5.94. The first-order chi connectivity index (χ1) is 18.9. The summed E-state index contributed by atoms with van der Waals surface area (Å²) in [6.45, 7) is 6.79. The van der Waals surface area contributed by atoms with Gasteiger partial charge < -0.3 is 10.4 Å². The minimum absolute atomic E-state index is 0.104. The van der Waals surface area contributed by atoms with Crippen LogP contribution in [-0.4, -0.2) is 26.3 Å². The van der Waals surface area contributed by atoms with Crippen molar-refractivity contribution in [3.8, 4) is 5.69 Å². The number of hydrogen-bond acceptors (Lipinski definition) is 3. The second-order valence-electron chi connectivity index (χ2n) is 10.5. The zero-order chi connectivity index (χ0) is 28.5. The highest BCUT2D eigenvalue weighted by atomic mass is 16.4. The van der Waals surface area contributed by atoms with Gasteiger partial charge in [-0.15, -0.1) is 0 Å². The molecule has 0 spiro atoms. The fourth-order valence-electron chi connectivity index (χ4n) is 4.98. The number of aliphatic carboxylic acids is 1. The molecule has 0 saturated heterocycles. The van der Waals surface area contributed by atoms with Gasteiger partial charge in [-0.1, -0.05) is 83.3 Å². The van der Waals surface area contributed by atoms with Crippen LogP contribution in [0.15, 0.2) is 47.3 Å². The number of carbonyl (C=O) groups excluding carboxylic acids is 1. The van der Waals surface area contributed by atoms with Gasteiger partial charge in [0.1, 0.15) is 0 Å². The van der Waals surface area contributed by atoms with Crippen molar-refractivity contribution in [2.45, 2.75) is 117 Å². The van der Waals surface area contributed by atoms with Crippen molar-refractivity contribution < 1.29 is 14.7 Å². The maximum atomic E-state index is 12.9. The lowest BCUT2D eigenvalue weighted by atomic mass is 9.99. The SMILES string of the molecule is CCCCCCCCCCCCC/C=C/C[C@@H](CC(=O)O)C(=O)Nc1ccc(-n2c(=O)cc(C)n2CC)cc1. The first-order valence-corrected chi connectivity index (χ1v) is 14.9. The van der Waals surface area contributed by atoms with Crippen molar-refractivity contribution >= 4 is 17.6 Å². The molecule has 1 aromatic carbocycles. The molecule has 2 rings (SSSR count). The fourth-order valence-corrected chi connectivity index (χ4v) is 4.98. The summed E-state index contributed by atoms with van der Waals surface area (Å²) in [6.07, 6.45) is 19.5. The Morgan fingerprint density at radius 2 is 1.49 bits per heavy atom. The number of anilines is 1. The number of carbonyl (C=O) groups is 2. The summed E-state index contributed by atoms with van der Waals surface area (Å²) < 4.78 is 3.50. The normalized spacial score (nSPS) is 12.2. The van der Waals surface area contributed by atoms with Gasteiger partial charge in [-0.3, -0.25) is 19.1 Å². The topological polar surface area (TPSA) is 93.3 Å². The summed E-state index contributed by atoms with van der Waals surface area (Å²) in [5, 5.41) is 12.2. The Labute approximate surface area is 234 Å². The number of carboxylic acid groups (broad SMARTS) is 1. The van der Waals surface area contributed by atoms with E-state index in [1.165, 1.54) is 64.2 Å². The number of amides is 1. The molecule has 1 heterocycles. The van der Waals surface area contributed by atoms with Gasteiger partial charge >= 0.3 is 5.97 Å². The van der Waals surface area contributed by atoms with Crippen LogP contribution in [0.1, 0.15) is 109 Å². The minimum atomic E-state index is -0.987. The summed E-state index contributed by atoms with van der Waals surface area (Å²) in [7, 11) is 0. The van der Waals surface area contributed by atoms with Crippen LogP contribution in [0.3, 0.4) is 0 Å². The Bertz CT molecular complexity index is 1080. The first kappa shape index (κ1) is 32.1. The molecule has 0 fully saturated rings. The number of carboxylic acids is 1. The molecule has 216 valence electrons. The highest BCUT2D eigenvalue weighted by Gasteiger charge is 2.21.